The van der Waals surface area contributed by atoms with Crippen LogP contribution in [0, 0.1) is 0 Å². The molecule has 0 atom stereocenters. The molecule has 7 nitrogen and oxygen atoms in total. The molecule has 2 N–H and O–H groups in total. The van der Waals surface area contributed by atoms with Gasteiger partial charge in [0.2, 0.25) is 10.0 Å². The number of sulfonamides is 1. The Morgan fingerprint density at radius 1 is 1.12 bits per heavy atom. The molecule has 0 aromatic heterocycles. The molecule has 0 saturated heterocycles. The molecule has 8 heteroatoms. The highest BCUT2D eigenvalue weighted by molar-refractivity contribution is 7.89. The van der Waals surface area contributed by atoms with Gasteiger partial charge in [-0.1, -0.05) is 6.07 Å². The van der Waals surface area contributed by atoms with E-state index in [4.69, 9.17) is 9.47 Å². The van der Waals surface area contributed by atoms with Gasteiger partial charge in [-0.25, -0.2) is 13.1 Å². The molecule has 0 bridgehead atoms. The highest BCUT2D eigenvalue weighted by Crippen LogP contribution is 2.28. The third-order valence-electron chi connectivity index (χ3n) is 3.40. The molecule has 0 fully saturated rings. The number of amides is 1. The summed E-state index contributed by atoms with van der Waals surface area (Å²) in [4.78, 5) is 12.5. The SMILES string of the molecule is CCOc1ccc(C(=O)Nc2cccc(S(=O)(=O)NC)c2)cc1OC. The predicted octanol–water partition coefficient (Wildman–Crippen LogP) is 2.25. The van der Waals surface area contributed by atoms with Crippen LogP contribution in [-0.4, -0.2) is 35.1 Å². The fraction of sp³-hybridized carbons (Fsp3) is 0.235. The number of carbonyl (C=O) groups excluding carboxylic acids is 1. The Morgan fingerprint density at radius 3 is 2.52 bits per heavy atom. The molecular weight excluding hydrogens is 344 g/mol. The van der Waals surface area contributed by atoms with E-state index in [0.717, 1.165) is 0 Å². The third-order valence-corrected chi connectivity index (χ3v) is 4.81. The van der Waals surface area contributed by atoms with Crippen molar-refractivity contribution < 1.29 is 22.7 Å². The second kappa shape index (κ2) is 8.00. The number of rotatable bonds is 7. The van der Waals surface area contributed by atoms with Crippen molar-refractivity contribution in [1.29, 1.82) is 0 Å². The molecule has 0 aliphatic heterocycles. The van der Waals surface area contributed by atoms with Crippen LogP contribution in [0.3, 0.4) is 0 Å². The van der Waals surface area contributed by atoms with Crippen molar-refractivity contribution in [3.63, 3.8) is 0 Å². The molecule has 0 radical (unpaired) electrons. The van der Waals surface area contributed by atoms with Gasteiger partial charge >= 0.3 is 0 Å². The van der Waals surface area contributed by atoms with Crippen molar-refractivity contribution in [2.24, 2.45) is 0 Å². The number of hydrogen-bond acceptors (Lipinski definition) is 5. The molecular formula is C17H20N2O5S. The van der Waals surface area contributed by atoms with Crippen LogP contribution in [0.5, 0.6) is 11.5 Å². The summed E-state index contributed by atoms with van der Waals surface area (Å²) < 4.78 is 36.5. The lowest BCUT2D eigenvalue weighted by atomic mass is 10.2. The van der Waals surface area contributed by atoms with E-state index in [0.29, 0.717) is 29.4 Å². The summed E-state index contributed by atoms with van der Waals surface area (Å²) >= 11 is 0. The molecule has 0 aliphatic rings. The van der Waals surface area contributed by atoms with Crippen LogP contribution in [0.4, 0.5) is 5.69 Å². The molecule has 2 aromatic rings. The zero-order chi connectivity index (χ0) is 18.4. The summed E-state index contributed by atoms with van der Waals surface area (Å²) in [5.74, 6) is 0.602. The molecule has 0 aliphatic carbocycles. The standard InChI is InChI=1S/C17H20N2O5S/c1-4-24-15-9-8-12(10-16(15)23-3)17(20)19-13-6-5-7-14(11-13)25(21,22)18-2/h5-11,18H,4H2,1-3H3,(H,19,20). The minimum Gasteiger partial charge on any atom is -0.493 e. The minimum atomic E-state index is -3.58. The van der Waals surface area contributed by atoms with Crippen molar-refractivity contribution in [2.45, 2.75) is 11.8 Å². The maximum absolute atomic E-state index is 12.4. The number of anilines is 1. The van der Waals surface area contributed by atoms with E-state index < -0.39 is 10.0 Å². The molecule has 0 unspecified atom stereocenters. The number of nitrogens with one attached hydrogen (secondary N) is 2. The van der Waals surface area contributed by atoms with Gasteiger partial charge in [-0.2, -0.15) is 0 Å². The molecule has 0 heterocycles. The summed E-state index contributed by atoms with van der Waals surface area (Å²) in [7, 11) is -0.764. The van der Waals surface area contributed by atoms with Gasteiger partial charge in [0.25, 0.3) is 5.91 Å². The van der Waals surface area contributed by atoms with Gasteiger partial charge in [-0.05, 0) is 50.4 Å². The van der Waals surface area contributed by atoms with Crippen molar-refractivity contribution >= 4 is 21.6 Å². The van der Waals surface area contributed by atoms with Gasteiger partial charge in [0.1, 0.15) is 0 Å². The number of benzene rings is 2. The van der Waals surface area contributed by atoms with Crippen molar-refractivity contribution in [2.75, 3.05) is 26.1 Å². The lowest BCUT2D eigenvalue weighted by Gasteiger charge is -2.11. The van der Waals surface area contributed by atoms with E-state index in [2.05, 4.69) is 10.0 Å². The molecule has 2 rings (SSSR count). The third kappa shape index (κ3) is 4.49. The van der Waals surface area contributed by atoms with Gasteiger partial charge in [0.05, 0.1) is 18.6 Å². The Balaban J connectivity index is 2.24. The topological polar surface area (TPSA) is 93.7 Å². The quantitative estimate of drug-likeness (QED) is 0.786. The largest absolute Gasteiger partial charge is 0.493 e. The fourth-order valence-corrected chi connectivity index (χ4v) is 2.92. The summed E-state index contributed by atoms with van der Waals surface area (Å²) in [6, 6.07) is 10.8. The maximum atomic E-state index is 12.4. The van der Waals surface area contributed by atoms with Crippen LogP contribution in [0.2, 0.25) is 0 Å². The minimum absolute atomic E-state index is 0.0667. The molecule has 0 spiro atoms. The Bertz CT molecular complexity index is 865. The van der Waals surface area contributed by atoms with E-state index in [-0.39, 0.29) is 10.8 Å². The van der Waals surface area contributed by atoms with Crippen LogP contribution < -0.4 is 19.5 Å². The smallest absolute Gasteiger partial charge is 0.255 e. The average molecular weight is 364 g/mol. The number of carbonyl (C=O) groups is 1. The highest BCUT2D eigenvalue weighted by atomic mass is 32.2. The summed E-state index contributed by atoms with van der Waals surface area (Å²) in [6.45, 7) is 2.33. The monoisotopic (exact) mass is 364 g/mol. The van der Waals surface area contributed by atoms with E-state index in [1.165, 1.54) is 26.3 Å². The second-order valence-electron chi connectivity index (χ2n) is 4.99. The van der Waals surface area contributed by atoms with Crippen molar-refractivity contribution in [1.82, 2.24) is 4.72 Å². The van der Waals surface area contributed by atoms with Gasteiger partial charge in [-0.3, -0.25) is 4.79 Å². The fourth-order valence-electron chi connectivity index (χ4n) is 2.15. The number of hydrogen-bond donors (Lipinski definition) is 2. The first-order valence-corrected chi connectivity index (χ1v) is 9.05. The normalized spacial score (nSPS) is 11.0. The Kier molecular flexibility index (Phi) is 6.00. The lowest BCUT2D eigenvalue weighted by molar-refractivity contribution is 0.102. The highest BCUT2D eigenvalue weighted by Gasteiger charge is 2.14. The first-order chi connectivity index (χ1) is 11.9. The average Bonchev–Trinajstić information content (AvgIpc) is 2.62. The van der Waals surface area contributed by atoms with Crippen molar-refractivity contribution in [3.8, 4) is 11.5 Å². The van der Waals surface area contributed by atoms with Crippen LogP contribution in [0.15, 0.2) is 47.4 Å². The molecule has 2 aromatic carbocycles. The first-order valence-electron chi connectivity index (χ1n) is 7.57. The number of ether oxygens (including phenoxy) is 2. The summed E-state index contributed by atoms with van der Waals surface area (Å²) in [5.41, 5.74) is 0.733. The maximum Gasteiger partial charge on any atom is 0.255 e. The molecule has 134 valence electrons. The molecule has 25 heavy (non-hydrogen) atoms. The van der Waals surface area contributed by atoms with Crippen LogP contribution in [-0.2, 0) is 10.0 Å². The van der Waals surface area contributed by atoms with Gasteiger partial charge in [0, 0.05) is 11.3 Å². The van der Waals surface area contributed by atoms with E-state index >= 15 is 0 Å². The van der Waals surface area contributed by atoms with Crippen LogP contribution in [0.1, 0.15) is 17.3 Å². The Labute approximate surface area is 147 Å². The first kappa shape index (κ1) is 18.8. The zero-order valence-electron chi connectivity index (χ0n) is 14.2. The second-order valence-corrected chi connectivity index (χ2v) is 6.87. The Morgan fingerprint density at radius 2 is 1.88 bits per heavy atom. The zero-order valence-corrected chi connectivity index (χ0v) is 15.0. The Hall–Kier alpha value is -2.58. The van der Waals surface area contributed by atoms with E-state index in [1.807, 2.05) is 6.92 Å². The van der Waals surface area contributed by atoms with Crippen molar-refractivity contribution in [3.05, 3.63) is 48.0 Å². The predicted molar refractivity (Wildman–Crippen MR) is 94.8 cm³/mol. The molecule has 0 saturated carbocycles. The van der Waals surface area contributed by atoms with Crippen LogP contribution >= 0.6 is 0 Å². The lowest BCUT2D eigenvalue weighted by Crippen LogP contribution is -2.19. The van der Waals surface area contributed by atoms with Gasteiger partial charge in [0.15, 0.2) is 11.5 Å². The van der Waals surface area contributed by atoms with Gasteiger partial charge in [-0.15, -0.1) is 0 Å². The summed E-state index contributed by atoms with van der Waals surface area (Å²) in [6.07, 6.45) is 0. The number of methoxy groups -OCH3 is 1. The van der Waals surface area contributed by atoms with Gasteiger partial charge < -0.3 is 14.8 Å². The molecule has 1 amide bonds. The van der Waals surface area contributed by atoms with E-state index in [9.17, 15) is 13.2 Å². The van der Waals surface area contributed by atoms with E-state index in [1.54, 1.807) is 30.3 Å². The van der Waals surface area contributed by atoms with Crippen LogP contribution in [0.25, 0.3) is 0 Å². The summed E-state index contributed by atoms with van der Waals surface area (Å²) in [5, 5.41) is 2.67.